The maximum atomic E-state index is 10.7. The molecular weight excluding hydrogens is 188 g/mol. The zero-order valence-corrected chi connectivity index (χ0v) is 8.14. The van der Waals surface area contributed by atoms with Crippen LogP contribution >= 0.6 is 0 Å². The van der Waals surface area contributed by atoms with E-state index >= 15 is 0 Å². The summed E-state index contributed by atoms with van der Waals surface area (Å²) in [5, 5.41) is 26.1. The predicted molar refractivity (Wildman–Crippen MR) is 48.9 cm³/mol. The van der Waals surface area contributed by atoms with E-state index in [2.05, 4.69) is 0 Å². The van der Waals surface area contributed by atoms with Gasteiger partial charge >= 0.3 is 11.9 Å². The number of rotatable bonds is 7. The van der Waals surface area contributed by atoms with Crippen LogP contribution in [0.2, 0.25) is 0 Å². The molecule has 3 N–H and O–H groups in total. The van der Waals surface area contributed by atoms with Crippen LogP contribution in [0.25, 0.3) is 0 Å². The van der Waals surface area contributed by atoms with Crippen molar-refractivity contribution in [2.45, 2.75) is 38.7 Å². The van der Waals surface area contributed by atoms with Gasteiger partial charge in [-0.25, -0.2) is 0 Å². The molecule has 0 aliphatic carbocycles. The van der Waals surface area contributed by atoms with Crippen molar-refractivity contribution in [1.29, 1.82) is 0 Å². The van der Waals surface area contributed by atoms with Gasteiger partial charge in [-0.3, -0.25) is 9.59 Å². The summed E-state index contributed by atoms with van der Waals surface area (Å²) in [4.78, 5) is 20.8. The Balaban J connectivity index is 3.85. The first kappa shape index (κ1) is 12.9. The fourth-order valence-electron chi connectivity index (χ4n) is 1.25. The van der Waals surface area contributed by atoms with Gasteiger partial charge in [0, 0.05) is 6.42 Å². The van der Waals surface area contributed by atoms with Gasteiger partial charge in [0.25, 0.3) is 0 Å². The predicted octanol–water partition coefficient (Wildman–Crippen LogP) is 0.713. The number of hydrogen-bond acceptors (Lipinski definition) is 3. The summed E-state index contributed by atoms with van der Waals surface area (Å²) < 4.78 is 0. The van der Waals surface area contributed by atoms with E-state index in [4.69, 9.17) is 15.3 Å². The number of aliphatic hydroxyl groups excluding tert-OH is 1. The van der Waals surface area contributed by atoms with E-state index in [0.717, 1.165) is 0 Å². The second kappa shape index (κ2) is 6.37. The molecule has 2 atom stereocenters. The van der Waals surface area contributed by atoms with Crippen molar-refractivity contribution in [2.75, 3.05) is 0 Å². The zero-order chi connectivity index (χ0) is 11.1. The minimum atomic E-state index is -0.976. The first-order chi connectivity index (χ1) is 6.43. The largest absolute Gasteiger partial charge is 0.481 e. The molecule has 0 aliphatic rings. The van der Waals surface area contributed by atoms with Gasteiger partial charge in [-0.1, -0.05) is 0 Å². The Morgan fingerprint density at radius 1 is 1.29 bits per heavy atom. The monoisotopic (exact) mass is 204 g/mol. The van der Waals surface area contributed by atoms with E-state index in [0.29, 0.717) is 12.8 Å². The Bertz CT molecular complexity index is 199. The summed E-state index contributed by atoms with van der Waals surface area (Å²) in [6, 6.07) is 0. The minimum absolute atomic E-state index is 0.0242. The smallest absolute Gasteiger partial charge is 0.306 e. The Kier molecular flexibility index (Phi) is 5.87. The highest BCUT2D eigenvalue weighted by molar-refractivity contribution is 5.70. The maximum absolute atomic E-state index is 10.7. The second-order valence-electron chi connectivity index (χ2n) is 3.41. The molecule has 2 unspecified atom stereocenters. The Hall–Kier alpha value is -1.10. The quantitative estimate of drug-likeness (QED) is 0.567. The van der Waals surface area contributed by atoms with Crippen LogP contribution < -0.4 is 0 Å². The number of hydrogen-bond donors (Lipinski definition) is 3. The third-order valence-electron chi connectivity index (χ3n) is 1.92. The van der Waals surface area contributed by atoms with Crippen LogP contribution in [0.3, 0.4) is 0 Å². The maximum Gasteiger partial charge on any atom is 0.306 e. The average molecular weight is 204 g/mol. The molecule has 0 spiro atoms. The molecule has 0 amide bonds. The van der Waals surface area contributed by atoms with Crippen molar-refractivity contribution >= 4 is 11.9 Å². The molecule has 0 saturated heterocycles. The van der Waals surface area contributed by atoms with Gasteiger partial charge in [-0.2, -0.15) is 0 Å². The van der Waals surface area contributed by atoms with Gasteiger partial charge in [0.15, 0.2) is 0 Å². The summed E-state index contributed by atoms with van der Waals surface area (Å²) in [5.74, 6) is -2.54. The van der Waals surface area contributed by atoms with Crippen molar-refractivity contribution in [1.82, 2.24) is 0 Å². The lowest BCUT2D eigenvalue weighted by Crippen LogP contribution is -2.19. The molecule has 0 aliphatic heterocycles. The molecular formula is C9H16O5. The lowest BCUT2D eigenvalue weighted by molar-refractivity contribution is -0.144. The van der Waals surface area contributed by atoms with Gasteiger partial charge < -0.3 is 15.3 Å². The molecule has 0 aromatic rings. The first-order valence-electron chi connectivity index (χ1n) is 4.56. The van der Waals surface area contributed by atoms with Crippen LogP contribution in [0, 0.1) is 5.92 Å². The molecule has 0 heterocycles. The van der Waals surface area contributed by atoms with Gasteiger partial charge in [0.05, 0.1) is 12.0 Å². The first-order valence-corrected chi connectivity index (χ1v) is 4.56. The molecule has 0 aromatic carbocycles. The summed E-state index contributed by atoms with van der Waals surface area (Å²) in [5.41, 5.74) is 0. The van der Waals surface area contributed by atoms with E-state index < -0.39 is 24.0 Å². The van der Waals surface area contributed by atoms with E-state index in [9.17, 15) is 9.59 Å². The summed E-state index contributed by atoms with van der Waals surface area (Å²) in [7, 11) is 0. The number of aliphatic hydroxyl groups is 1. The van der Waals surface area contributed by atoms with E-state index in [-0.39, 0.29) is 12.8 Å². The molecule has 0 radical (unpaired) electrons. The van der Waals surface area contributed by atoms with Crippen LogP contribution in [0.5, 0.6) is 0 Å². The fraction of sp³-hybridized carbons (Fsp3) is 0.778. The van der Waals surface area contributed by atoms with Crippen molar-refractivity contribution in [2.24, 2.45) is 5.92 Å². The topological polar surface area (TPSA) is 94.8 Å². The van der Waals surface area contributed by atoms with Crippen molar-refractivity contribution < 1.29 is 24.9 Å². The second-order valence-corrected chi connectivity index (χ2v) is 3.41. The molecule has 0 bridgehead atoms. The molecule has 14 heavy (non-hydrogen) atoms. The molecule has 0 fully saturated rings. The molecule has 0 saturated carbocycles. The van der Waals surface area contributed by atoms with Crippen LogP contribution in [0.4, 0.5) is 0 Å². The molecule has 5 nitrogen and oxygen atoms in total. The normalized spacial score (nSPS) is 14.7. The Morgan fingerprint density at radius 2 is 1.86 bits per heavy atom. The van der Waals surface area contributed by atoms with E-state index in [1.165, 1.54) is 6.92 Å². The lowest BCUT2D eigenvalue weighted by atomic mass is 9.96. The summed E-state index contributed by atoms with van der Waals surface area (Å²) >= 11 is 0. The SMILES string of the molecule is CC(O)CC(CCCC(=O)O)C(=O)O. The number of carbonyl (C=O) groups is 2. The fourth-order valence-corrected chi connectivity index (χ4v) is 1.25. The number of aliphatic carboxylic acids is 2. The van der Waals surface area contributed by atoms with Crippen molar-refractivity contribution in [3.05, 3.63) is 0 Å². The summed E-state index contributed by atoms with van der Waals surface area (Å²) in [6.07, 6.45) is 0.116. The molecule has 0 aromatic heterocycles. The van der Waals surface area contributed by atoms with Gasteiger partial charge in [-0.15, -0.1) is 0 Å². The number of carboxylic acid groups (broad SMARTS) is 2. The lowest BCUT2D eigenvalue weighted by Gasteiger charge is -2.12. The highest BCUT2D eigenvalue weighted by Gasteiger charge is 2.19. The minimum Gasteiger partial charge on any atom is -0.481 e. The molecule has 0 rings (SSSR count). The Labute approximate surface area is 82.4 Å². The van der Waals surface area contributed by atoms with E-state index in [1.54, 1.807) is 0 Å². The highest BCUT2D eigenvalue weighted by Crippen LogP contribution is 2.15. The standard InChI is InChI=1S/C9H16O5/c1-6(10)5-7(9(13)14)3-2-4-8(11)12/h6-7,10H,2-5H2,1H3,(H,11,12)(H,13,14). The molecule has 82 valence electrons. The van der Waals surface area contributed by atoms with Crippen molar-refractivity contribution in [3.8, 4) is 0 Å². The van der Waals surface area contributed by atoms with Crippen LogP contribution in [0.1, 0.15) is 32.6 Å². The third kappa shape index (κ3) is 6.42. The van der Waals surface area contributed by atoms with Crippen LogP contribution in [0.15, 0.2) is 0 Å². The van der Waals surface area contributed by atoms with E-state index in [1.807, 2.05) is 0 Å². The van der Waals surface area contributed by atoms with Crippen LogP contribution in [-0.4, -0.2) is 33.4 Å². The summed E-state index contributed by atoms with van der Waals surface area (Å²) in [6.45, 7) is 1.52. The van der Waals surface area contributed by atoms with Crippen LogP contribution in [-0.2, 0) is 9.59 Å². The van der Waals surface area contributed by atoms with Gasteiger partial charge in [-0.05, 0) is 26.2 Å². The van der Waals surface area contributed by atoms with Gasteiger partial charge in [0.1, 0.15) is 0 Å². The third-order valence-corrected chi connectivity index (χ3v) is 1.92. The molecule has 5 heteroatoms. The van der Waals surface area contributed by atoms with Gasteiger partial charge in [0.2, 0.25) is 0 Å². The Morgan fingerprint density at radius 3 is 2.21 bits per heavy atom. The van der Waals surface area contributed by atoms with Crippen molar-refractivity contribution in [3.63, 3.8) is 0 Å². The number of carboxylic acids is 2. The average Bonchev–Trinajstić information content (AvgIpc) is 2.00. The zero-order valence-electron chi connectivity index (χ0n) is 8.14. The highest BCUT2D eigenvalue weighted by atomic mass is 16.4.